The lowest BCUT2D eigenvalue weighted by molar-refractivity contribution is -0.117. The van der Waals surface area contributed by atoms with Gasteiger partial charge in [0, 0.05) is 5.69 Å². The van der Waals surface area contributed by atoms with Gasteiger partial charge in [-0.1, -0.05) is 19.9 Å². The number of carbonyl (C=O) groups excluding carboxylic acids is 1. The van der Waals surface area contributed by atoms with Crippen LogP contribution in [0.5, 0.6) is 0 Å². The summed E-state index contributed by atoms with van der Waals surface area (Å²) in [6.07, 6.45) is 3.49. The van der Waals surface area contributed by atoms with Gasteiger partial charge in [-0.15, -0.1) is 0 Å². The average Bonchev–Trinajstić information content (AvgIpc) is 2.60. The number of carbonyl (C=O) groups is 1. The van der Waals surface area contributed by atoms with E-state index in [1.807, 2.05) is 6.07 Å². The first kappa shape index (κ1) is 15.5. The molecule has 4 heteroatoms. The summed E-state index contributed by atoms with van der Waals surface area (Å²) >= 11 is 0. The van der Waals surface area contributed by atoms with Crippen molar-refractivity contribution in [3.05, 3.63) is 29.8 Å². The fourth-order valence-corrected chi connectivity index (χ4v) is 2.71. The molecule has 112 valence electrons. The highest BCUT2D eigenvalue weighted by Gasteiger charge is 2.23. The summed E-state index contributed by atoms with van der Waals surface area (Å²) in [4.78, 5) is 14.3. The summed E-state index contributed by atoms with van der Waals surface area (Å²) in [6, 6.07) is 9.09. The van der Waals surface area contributed by atoms with Crippen LogP contribution in [0.1, 0.15) is 38.7 Å². The van der Waals surface area contributed by atoms with E-state index < -0.39 is 0 Å². The Bertz CT molecular complexity index is 545. The first-order valence-electron chi connectivity index (χ1n) is 7.51. The van der Waals surface area contributed by atoms with E-state index in [0.717, 1.165) is 25.9 Å². The standard InChI is InChI=1S/C17H23N3O/c1-17(2)7-4-9-20(10-8-17)13-16(21)19-15-6-3-5-14(11-15)12-18/h3,5-6,11H,4,7-10,13H2,1-2H3,(H,19,21). The Morgan fingerprint density at radius 3 is 2.95 bits per heavy atom. The highest BCUT2D eigenvalue weighted by atomic mass is 16.2. The van der Waals surface area contributed by atoms with Crippen molar-refractivity contribution in [2.45, 2.75) is 33.1 Å². The quantitative estimate of drug-likeness (QED) is 0.928. The second kappa shape index (κ2) is 6.73. The maximum atomic E-state index is 12.1. The van der Waals surface area contributed by atoms with Crippen LogP contribution in [0.3, 0.4) is 0 Å². The molecule has 0 spiro atoms. The van der Waals surface area contributed by atoms with E-state index in [4.69, 9.17) is 5.26 Å². The predicted octanol–water partition coefficient (Wildman–Crippen LogP) is 3.01. The van der Waals surface area contributed by atoms with Gasteiger partial charge in [0.1, 0.15) is 0 Å². The Morgan fingerprint density at radius 2 is 2.19 bits per heavy atom. The smallest absolute Gasteiger partial charge is 0.238 e. The van der Waals surface area contributed by atoms with Crippen molar-refractivity contribution in [3.8, 4) is 6.07 Å². The van der Waals surface area contributed by atoms with Gasteiger partial charge in [-0.3, -0.25) is 9.69 Å². The van der Waals surface area contributed by atoms with E-state index in [9.17, 15) is 4.79 Å². The largest absolute Gasteiger partial charge is 0.325 e. The molecule has 1 aliphatic rings. The van der Waals surface area contributed by atoms with E-state index in [-0.39, 0.29) is 5.91 Å². The van der Waals surface area contributed by atoms with Crippen molar-refractivity contribution in [1.29, 1.82) is 5.26 Å². The first-order valence-corrected chi connectivity index (χ1v) is 7.51. The molecular formula is C17H23N3O. The lowest BCUT2D eigenvalue weighted by Crippen LogP contribution is -2.34. The summed E-state index contributed by atoms with van der Waals surface area (Å²) in [6.45, 7) is 6.97. The van der Waals surface area contributed by atoms with Crippen LogP contribution in [0.4, 0.5) is 5.69 Å². The minimum atomic E-state index is -0.00945. The highest BCUT2D eigenvalue weighted by Crippen LogP contribution is 2.29. The summed E-state index contributed by atoms with van der Waals surface area (Å²) in [5.41, 5.74) is 1.63. The molecule has 1 aromatic rings. The predicted molar refractivity (Wildman–Crippen MR) is 83.9 cm³/mol. The molecule has 0 aromatic heterocycles. The van der Waals surface area contributed by atoms with E-state index in [1.54, 1.807) is 18.2 Å². The van der Waals surface area contributed by atoms with Crippen molar-refractivity contribution in [1.82, 2.24) is 4.90 Å². The fourth-order valence-electron chi connectivity index (χ4n) is 2.71. The highest BCUT2D eigenvalue weighted by molar-refractivity contribution is 5.92. The van der Waals surface area contributed by atoms with Gasteiger partial charge < -0.3 is 5.32 Å². The number of likely N-dealkylation sites (tertiary alicyclic amines) is 1. The molecule has 0 radical (unpaired) electrons. The van der Waals surface area contributed by atoms with Crippen molar-refractivity contribution >= 4 is 11.6 Å². The van der Waals surface area contributed by atoms with E-state index >= 15 is 0 Å². The molecule has 0 bridgehead atoms. The van der Waals surface area contributed by atoms with E-state index in [0.29, 0.717) is 23.2 Å². The number of nitrogens with one attached hydrogen (secondary N) is 1. The van der Waals surface area contributed by atoms with E-state index in [1.165, 1.54) is 6.42 Å². The fraction of sp³-hybridized carbons (Fsp3) is 0.529. The topological polar surface area (TPSA) is 56.1 Å². The van der Waals surface area contributed by atoms with Gasteiger partial charge in [0.05, 0.1) is 18.2 Å². The third-order valence-corrected chi connectivity index (χ3v) is 4.08. The third-order valence-electron chi connectivity index (χ3n) is 4.08. The van der Waals surface area contributed by atoms with Gasteiger partial charge in [-0.2, -0.15) is 5.26 Å². The molecule has 4 nitrogen and oxygen atoms in total. The molecule has 1 saturated heterocycles. The van der Waals surface area contributed by atoms with Crippen LogP contribution in [0, 0.1) is 16.7 Å². The van der Waals surface area contributed by atoms with Gasteiger partial charge in [-0.05, 0) is 56.0 Å². The summed E-state index contributed by atoms with van der Waals surface area (Å²) < 4.78 is 0. The number of rotatable bonds is 3. The Kier molecular flexibility index (Phi) is 4.98. The van der Waals surface area contributed by atoms with Gasteiger partial charge in [0.2, 0.25) is 5.91 Å². The van der Waals surface area contributed by atoms with Crippen LogP contribution >= 0.6 is 0 Å². The molecule has 1 aliphatic heterocycles. The molecule has 1 amide bonds. The van der Waals surface area contributed by atoms with Crippen LogP contribution in [0.25, 0.3) is 0 Å². The normalized spacial score (nSPS) is 18.5. The van der Waals surface area contributed by atoms with Crippen molar-refractivity contribution in [2.24, 2.45) is 5.41 Å². The minimum absolute atomic E-state index is 0.00945. The van der Waals surface area contributed by atoms with Gasteiger partial charge in [0.25, 0.3) is 0 Å². The molecule has 1 heterocycles. The Balaban J connectivity index is 1.88. The van der Waals surface area contributed by atoms with Crippen molar-refractivity contribution < 1.29 is 4.79 Å². The number of benzene rings is 1. The average molecular weight is 285 g/mol. The molecule has 0 aliphatic carbocycles. The number of hydrogen-bond acceptors (Lipinski definition) is 3. The summed E-state index contributed by atoms with van der Waals surface area (Å²) in [7, 11) is 0. The van der Waals surface area contributed by atoms with Crippen LogP contribution in [-0.4, -0.2) is 30.4 Å². The molecule has 1 fully saturated rings. The Hall–Kier alpha value is -1.86. The van der Waals surface area contributed by atoms with Crippen molar-refractivity contribution in [2.75, 3.05) is 25.0 Å². The summed E-state index contributed by atoms with van der Waals surface area (Å²) in [5.74, 6) is -0.00945. The second-order valence-corrected chi connectivity index (χ2v) is 6.53. The maximum absolute atomic E-state index is 12.1. The second-order valence-electron chi connectivity index (χ2n) is 6.53. The van der Waals surface area contributed by atoms with Crippen LogP contribution < -0.4 is 5.32 Å². The van der Waals surface area contributed by atoms with Gasteiger partial charge in [0.15, 0.2) is 0 Å². The maximum Gasteiger partial charge on any atom is 0.238 e. The molecule has 0 saturated carbocycles. The molecule has 21 heavy (non-hydrogen) atoms. The monoisotopic (exact) mass is 285 g/mol. The lowest BCUT2D eigenvalue weighted by Gasteiger charge is -2.23. The first-order chi connectivity index (χ1) is 9.98. The summed E-state index contributed by atoms with van der Waals surface area (Å²) in [5, 5.41) is 11.7. The van der Waals surface area contributed by atoms with Crippen LogP contribution in [-0.2, 0) is 4.79 Å². The lowest BCUT2D eigenvalue weighted by atomic mass is 9.85. The van der Waals surface area contributed by atoms with Gasteiger partial charge in [-0.25, -0.2) is 0 Å². The number of anilines is 1. The molecule has 2 rings (SSSR count). The number of amides is 1. The zero-order valence-electron chi connectivity index (χ0n) is 12.9. The molecular weight excluding hydrogens is 262 g/mol. The molecule has 0 atom stereocenters. The zero-order chi connectivity index (χ0) is 15.3. The Labute approximate surface area is 126 Å². The van der Waals surface area contributed by atoms with E-state index in [2.05, 4.69) is 30.1 Å². The minimum Gasteiger partial charge on any atom is -0.325 e. The third kappa shape index (κ3) is 4.87. The number of nitriles is 1. The van der Waals surface area contributed by atoms with Crippen LogP contribution in [0.2, 0.25) is 0 Å². The van der Waals surface area contributed by atoms with Crippen LogP contribution in [0.15, 0.2) is 24.3 Å². The molecule has 0 unspecified atom stereocenters. The zero-order valence-corrected chi connectivity index (χ0v) is 12.9. The SMILES string of the molecule is CC1(C)CCCN(CC(=O)Nc2cccc(C#N)c2)CC1. The number of hydrogen-bond donors (Lipinski definition) is 1. The Morgan fingerprint density at radius 1 is 1.38 bits per heavy atom. The number of nitrogens with zero attached hydrogens (tertiary/aromatic N) is 2. The van der Waals surface area contributed by atoms with Crippen molar-refractivity contribution in [3.63, 3.8) is 0 Å². The molecule has 1 N–H and O–H groups in total. The van der Waals surface area contributed by atoms with Gasteiger partial charge >= 0.3 is 0 Å². The molecule has 1 aromatic carbocycles.